The average molecular weight is 254 g/mol. The maximum atomic E-state index is 9.31. The molecule has 0 aliphatic heterocycles. The average Bonchev–Trinajstić information content (AvgIpc) is 2.76. The second-order valence-corrected chi connectivity index (χ2v) is 5.28. The molecule has 1 aliphatic carbocycles. The second kappa shape index (κ2) is 7.73. The van der Waals surface area contributed by atoms with Gasteiger partial charge in [-0.25, -0.2) is 0 Å². The summed E-state index contributed by atoms with van der Waals surface area (Å²) in [5.74, 6) is 0. The summed E-state index contributed by atoms with van der Waals surface area (Å²) in [6.07, 6.45) is 4.15. The van der Waals surface area contributed by atoms with Crippen LogP contribution in [0.2, 0.25) is 0 Å². The smallest absolute Gasteiger partial charge is 0.109 e. The van der Waals surface area contributed by atoms with Gasteiger partial charge in [0.1, 0.15) is 5.54 Å². The van der Waals surface area contributed by atoms with Crippen LogP contribution >= 0.6 is 0 Å². The largest absolute Gasteiger partial charge is 0.376 e. The van der Waals surface area contributed by atoms with E-state index in [0.717, 1.165) is 32.2 Å². The van der Waals surface area contributed by atoms with Gasteiger partial charge in [-0.05, 0) is 39.7 Å². The van der Waals surface area contributed by atoms with Crippen molar-refractivity contribution in [3.8, 4) is 6.07 Å². The predicted molar refractivity (Wildman–Crippen MR) is 71.3 cm³/mol. The van der Waals surface area contributed by atoms with E-state index in [1.54, 1.807) is 0 Å². The summed E-state index contributed by atoms with van der Waals surface area (Å²) in [5, 5.41) is 12.7. The normalized spacial score (nSPS) is 27.6. The zero-order valence-corrected chi connectivity index (χ0v) is 11.9. The van der Waals surface area contributed by atoms with Gasteiger partial charge in [0.05, 0.1) is 31.5 Å². The van der Waals surface area contributed by atoms with Gasteiger partial charge in [-0.15, -0.1) is 0 Å². The van der Waals surface area contributed by atoms with Crippen LogP contribution in [0.25, 0.3) is 0 Å². The molecule has 2 atom stereocenters. The second-order valence-electron chi connectivity index (χ2n) is 5.28. The molecule has 0 aromatic rings. The third kappa shape index (κ3) is 4.93. The molecule has 0 bridgehead atoms. The van der Waals surface area contributed by atoms with E-state index in [1.165, 1.54) is 0 Å². The van der Waals surface area contributed by atoms with Gasteiger partial charge in [0.15, 0.2) is 0 Å². The molecule has 0 spiro atoms. The summed E-state index contributed by atoms with van der Waals surface area (Å²) in [7, 11) is 0. The highest BCUT2D eigenvalue weighted by atomic mass is 16.5. The van der Waals surface area contributed by atoms with Crippen LogP contribution in [0.15, 0.2) is 0 Å². The van der Waals surface area contributed by atoms with Crippen molar-refractivity contribution in [3.05, 3.63) is 0 Å². The lowest BCUT2D eigenvalue weighted by Gasteiger charge is -2.22. The lowest BCUT2D eigenvalue weighted by atomic mass is 9.99. The van der Waals surface area contributed by atoms with Crippen LogP contribution in [-0.2, 0) is 9.47 Å². The predicted octanol–water partition coefficient (Wildman–Crippen LogP) is 2.24. The summed E-state index contributed by atoms with van der Waals surface area (Å²) in [6.45, 7) is 8.31. The van der Waals surface area contributed by atoms with Crippen LogP contribution in [0.1, 0.15) is 46.5 Å². The van der Waals surface area contributed by atoms with Crippen molar-refractivity contribution in [2.24, 2.45) is 0 Å². The molecule has 1 N–H and O–H groups in total. The van der Waals surface area contributed by atoms with Gasteiger partial charge < -0.3 is 9.47 Å². The van der Waals surface area contributed by atoms with Crippen LogP contribution in [0, 0.1) is 11.3 Å². The van der Waals surface area contributed by atoms with Crippen molar-refractivity contribution in [2.45, 2.75) is 64.2 Å². The maximum absolute atomic E-state index is 9.31. The highest BCUT2D eigenvalue weighted by molar-refractivity contribution is 5.12. The number of nitrogens with zero attached hydrogens (tertiary/aromatic N) is 1. The van der Waals surface area contributed by atoms with Crippen LogP contribution in [0.5, 0.6) is 0 Å². The highest BCUT2D eigenvalue weighted by Gasteiger charge is 2.39. The van der Waals surface area contributed by atoms with Crippen molar-refractivity contribution in [2.75, 3.05) is 19.8 Å². The first-order valence-corrected chi connectivity index (χ1v) is 7.01. The quantitative estimate of drug-likeness (QED) is 0.675. The van der Waals surface area contributed by atoms with Crippen molar-refractivity contribution in [1.82, 2.24) is 5.32 Å². The molecule has 0 saturated heterocycles. The Hall–Kier alpha value is -0.630. The molecule has 0 radical (unpaired) electrons. The minimum Gasteiger partial charge on any atom is -0.376 e. The topological polar surface area (TPSA) is 54.3 Å². The molecule has 0 aromatic heterocycles. The molecule has 18 heavy (non-hydrogen) atoms. The van der Waals surface area contributed by atoms with Gasteiger partial charge in [0.25, 0.3) is 0 Å². The molecule has 1 rings (SSSR count). The molecule has 4 heteroatoms. The standard InChI is InChI=1S/C14H26N2O2/c1-4-7-16-14(11-15)6-5-13(10-14)18-9-8-17-12(2)3/h12-13,16H,4-10H2,1-3H3. The van der Waals surface area contributed by atoms with Gasteiger partial charge in [0, 0.05) is 6.42 Å². The first-order valence-electron chi connectivity index (χ1n) is 7.01. The van der Waals surface area contributed by atoms with E-state index < -0.39 is 0 Å². The Bertz CT molecular complexity index is 275. The number of nitriles is 1. The van der Waals surface area contributed by atoms with Crippen LogP contribution in [0.3, 0.4) is 0 Å². The summed E-state index contributed by atoms with van der Waals surface area (Å²) in [5.41, 5.74) is -0.362. The minimum absolute atomic E-state index is 0.199. The van der Waals surface area contributed by atoms with Gasteiger partial charge >= 0.3 is 0 Å². The third-order valence-electron chi connectivity index (χ3n) is 3.28. The SMILES string of the molecule is CCCNC1(C#N)CCC(OCCOC(C)C)C1. The van der Waals surface area contributed by atoms with E-state index in [0.29, 0.717) is 13.2 Å². The molecule has 1 fully saturated rings. The van der Waals surface area contributed by atoms with Crippen LogP contribution in [-0.4, -0.2) is 37.5 Å². The molecule has 0 amide bonds. The van der Waals surface area contributed by atoms with Crippen molar-refractivity contribution in [1.29, 1.82) is 5.26 Å². The number of nitrogens with one attached hydrogen (secondary N) is 1. The highest BCUT2D eigenvalue weighted by Crippen LogP contribution is 2.31. The fraction of sp³-hybridized carbons (Fsp3) is 0.929. The minimum atomic E-state index is -0.362. The third-order valence-corrected chi connectivity index (χ3v) is 3.28. The lowest BCUT2D eigenvalue weighted by Crippen LogP contribution is -2.42. The van der Waals surface area contributed by atoms with Gasteiger partial charge in [-0.3, -0.25) is 5.32 Å². The van der Waals surface area contributed by atoms with E-state index >= 15 is 0 Å². The molecule has 0 aromatic carbocycles. The van der Waals surface area contributed by atoms with Gasteiger partial charge in [0.2, 0.25) is 0 Å². The van der Waals surface area contributed by atoms with Crippen molar-refractivity contribution >= 4 is 0 Å². The number of ether oxygens (including phenoxy) is 2. The van der Waals surface area contributed by atoms with Gasteiger partial charge in [-0.2, -0.15) is 5.26 Å². The van der Waals surface area contributed by atoms with E-state index in [-0.39, 0.29) is 17.7 Å². The number of rotatable bonds is 8. The number of hydrogen-bond donors (Lipinski definition) is 1. The van der Waals surface area contributed by atoms with E-state index in [2.05, 4.69) is 18.3 Å². The molecular weight excluding hydrogens is 228 g/mol. The van der Waals surface area contributed by atoms with E-state index in [1.807, 2.05) is 13.8 Å². The Morgan fingerprint density at radius 1 is 1.44 bits per heavy atom. The first kappa shape index (κ1) is 15.4. The number of hydrogen-bond acceptors (Lipinski definition) is 4. The van der Waals surface area contributed by atoms with Crippen molar-refractivity contribution < 1.29 is 9.47 Å². The lowest BCUT2D eigenvalue weighted by molar-refractivity contribution is -0.0114. The zero-order chi connectivity index (χ0) is 13.4. The molecule has 0 heterocycles. The Morgan fingerprint density at radius 3 is 2.83 bits per heavy atom. The maximum Gasteiger partial charge on any atom is 0.109 e. The Balaban J connectivity index is 2.25. The first-order chi connectivity index (χ1) is 8.62. The fourth-order valence-corrected chi connectivity index (χ4v) is 2.31. The molecule has 4 nitrogen and oxygen atoms in total. The van der Waals surface area contributed by atoms with Gasteiger partial charge in [-0.1, -0.05) is 6.92 Å². The molecule has 104 valence electrons. The molecule has 1 aliphatic rings. The summed E-state index contributed by atoms with van der Waals surface area (Å²) >= 11 is 0. The molecule has 2 unspecified atom stereocenters. The Labute approximate surface area is 111 Å². The Kier molecular flexibility index (Phi) is 6.62. The summed E-state index contributed by atoms with van der Waals surface area (Å²) < 4.78 is 11.2. The Morgan fingerprint density at radius 2 is 2.22 bits per heavy atom. The molecular formula is C14H26N2O2. The van der Waals surface area contributed by atoms with Crippen LogP contribution < -0.4 is 5.32 Å². The fourth-order valence-electron chi connectivity index (χ4n) is 2.31. The van der Waals surface area contributed by atoms with Crippen molar-refractivity contribution in [3.63, 3.8) is 0 Å². The van der Waals surface area contributed by atoms with E-state index in [4.69, 9.17) is 9.47 Å². The van der Waals surface area contributed by atoms with Crippen LogP contribution in [0.4, 0.5) is 0 Å². The summed E-state index contributed by atoms with van der Waals surface area (Å²) in [6, 6.07) is 2.43. The summed E-state index contributed by atoms with van der Waals surface area (Å²) in [4.78, 5) is 0. The monoisotopic (exact) mass is 254 g/mol. The van der Waals surface area contributed by atoms with E-state index in [9.17, 15) is 5.26 Å². The molecule has 1 saturated carbocycles. The zero-order valence-electron chi connectivity index (χ0n) is 11.9.